The molecular formula is C16H22N2O2. The summed E-state index contributed by atoms with van der Waals surface area (Å²) in [5.41, 5.74) is 3.11. The summed E-state index contributed by atoms with van der Waals surface area (Å²) >= 11 is 0. The third-order valence-corrected chi connectivity index (χ3v) is 4.34. The molecule has 0 atom stereocenters. The van der Waals surface area contributed by atoms with Gasteiger partial charge in [0.2, 0.25) is 0 Å². The number of ether oxygens (including phenoxy) is 1. The molecule has 0 bridgehead atoms. The highest BCUT2D eigenvalue weighted by Gasteiger charge is 2.23. The summed E-state index contributed by atoms with van der Waals surface area (Å²) in [6.07, 6.45) is 4.19. The second-order valence-corrected chi connectivity index (χ2v) is 5.67. The van der Waals surface area contributed by atoms with Gasteiger partial charge in [0, 0.05) is 37.6 Å². The second kappa shape index (κ2) is 6.27. The fraction of sp³-hybridized carbons (Fsp3) is 0.562. The maximum Gasteiger partial charge on any atom is 0.0889 e. The summed E-state index contributed by atoms with van der Waals surface area (Å²) in [7, 11) is 0. The number of anilines is 1. The molecule has 3 rings (SSSR count). The molecule has 0 aliphatic carbocycles. The zero-order chi connectivity index (χ0) is 13.8. The summed E-state index contributed by atoms with van der Waals surface area (Å²) < 4.78 is 5.45. The van der Waals surface area contributed by atoms with Gasteiger partial charge in [-0.3, -0.25) is 0 Å². The van der Waals surface area contributed by atoms with Crippen molar-refractivity contribution in [3.05, 3.63) is 29.8 Å². The lowest BCUT2D eigenvalue weighted by Gasteiger charge is -2.31. The van der Waals surface area contributed by atoms with E-state index < -0.39 is 0 Å². The lowest BCUT2D eigenvalue weighted by molar-refractivity contribution is 0.0682. The molecular weight excluding hydrogens is 252 g/mol. The third-order valence-electron chi connectivity index (χ3n) is 4.34. The van der Waals surface area contributed by atoms with Gasteiger partial charge in [0.15, 0.2) is 0 Å². The van der Waals surface area contributed by atoms with Crippen LogP contribution < -0.4 is 4.90 Å². The number of nitrogens with zero attached hydrogens (tertiary/aromatic N) is 2. The van der Waals surface area contributed by atoms with Crippen molar-refractivity contribution in [1.82, 2.24) is 0 Å². The van der Waals surface area contributed by atoms with E-state index in [9.17, 15) is 5.21 Å². The van der Waals surface area contributed by atoms with Gasteiger partial charge in [-0.15, -0.1) is 0 Å². The number of benzene rings is 1. The molecule has 1 aromatic carbocycles. The average molecular weight is 274 g/mol. The Kier molecular flexibility index (Phi) is 4.21. The van der Waals surface area contributed by atoms with Gasteiger partial charge in [0.25, 0.3) is 0 Å². The van der Waals surface area contributed by atoms with Crippen LogP contribution in [0.2, 0.25) is 0 Å². The van der Waals surface area contributed by atoms with Gasteiger partial charge in [0.05, 0.1) is 5.71 Å². The maximum atomic E-state index is 9.22. The number of rotatable bonds is 2. The molecule has 4 nitrogen and oxygen atoms in total. The summed E-state index contributed by atoms with van der Waals surface area (Å²) in [5, 5.41) is 12.7. The van der Waals surface area contributed by atoms with Crippen molar-refractivity contribution in [3.8, 4) is 0 Å². The summed E-state index contributed by atoms with van der Waals surface area (Å²) in [5.74, 6) is 0.712. The Morgan fingerprint density at radius 3 is 2.85 bits per heavy atom. The van der Waals surface area contributed by atoms with Gasteiger partial charge >= 0.3 is 0 Å². The van der Waals surface area contributed by atoms with Crippen LogP contribution in [0.15, 0.2) is 29.4 Å². The normalized spacial score (nSPS) is 22.6. The molecule has 1 saturated heterocycles. The van der Waals surface area contributed by atoms with Gasteiger partial charge in [-0.05, 0) is 37.7 Å². The van der Waals surface area contributed by atoms with E-state index in [-0.39, 0.29) is 0 Å². The van der Waals surface area contributed by atoms with E-state index in [2.05, 4.69) is 28.3 Å². The molecule has 2 aliphatic rings. The molecule has 0 saturated carbocycles. The number of hydrogen-bond donors (Lipinski definition) is 1. The zero-order valence-electron chi connectivity index (χ0n) is 11.8. The first-order valence-corrected chi connectivity index (χ1v) is 7.51. The number of hydrogen-bond acceptors (Lipinski definition) is 4. The lowest BCUT2D eigenvalue weighted by atomic mass is 9.99. The fourth-order valence-electron chi connectivity index (χ4n) is 3.22. The Balaban J connectivity index is 1.83. The predicted octanol–water partition coefficient (Wildman–Crippen LogP) is 2.89. The highest BCUT2D eigenvalue weighted by atomic mass is 16.5. The van der Waals surface area contributed by atoms with Crippen LogP contribution in [-0.4, -0.2) is 37.2 Å². The Bertz CT molecular complexity index is 481. The molecule has 2 aliphatic heterocycles. The van der Waals surface area contributed by atoms with Crippen molar-refractivity contribution in [2.75, 3.05) is 31.2 Å². The van der Waals surface area contributed by atoms with E-state index in [1.807, 2.05) is 6.07 Å². The first-order chi connectivity index (χ1) is 9.88. The van der Waals surface area contributed by atoms with Crippen molar-refractivity contribution < 1.29 is 9.94 Å². The average Bonchev–Trinajstić information content (AvgIpc) is 2.68. The van der Waals surface area contributed by atoms with Crippen molar-refractivity contribution in [3.63, 3.8) is 0 Å². The van der Waals surface area contributed by atoms with Crippen molar-refractivity contribution in [2.45, 2.75) is 25.7 Å². The van der Waals surface area contributed by atoms with Gasteiger partial charge in [-0.1, -0.05) is 23.4 Å². The predicted molar refractivity (Wildman–Crippen MR) is 79.8 cm³/mol. The third kappa shape index (κ3) is 2.80. The first-order valence-electron chi connectivity index (χ1n) is 7.51. The minimum absolute atomic E-state index is 0.712. The van der Waals surface area contributed by atoms with E-state index in [0.717, 1.165) is 63.3 Å². The Hall–Kier alpha value is -1.55. The van der Waals surface area contributed by atoms with Crippen molar-refractivity contribution in [2.24, 2.45) is 11.1 Å². The zero-order valence-corrected chi connectivity index (χ0v) is 11.8. The van der Waals surface area contributed by atoms with E-state index in [1.54, 1.807) is 0 Å². The molecule has 1 aromatic rings. The quantitative estimate of drug-likeness (QED) is 0.666. The summed E-state index contributed by atoms with van der Waals surface area (Å²) in [6.45, 7) is 3.90. The van der Waals surface area contributed by atoms with Crippen molar-refractivity contribution >= 4 is 11.4 Å². The molecule has 0 radical (unpaired) electrons. The number of fused-ring (bicyclic) bond motifs is 1. The topological polar surface area (TPSA) is 45.1 Å². The Labute approximate surface area is 120 Å². The highest BCUT2D eigenvalue weighted by Crippen LogP contribution is 2.28. The Morgan fingerprint density at radius 2 is 2.05 bits per heavy atom. The van der Waals surface area contributed by atoms with E-state index in [1.165, 1.54) is 5.69 Å². The van der Waals surface area contributed by atoms with Crippen LogP contribution in [0.1, 0.15) is 31.2 Å². The minimum Gasteiger partial charge on any atom is -0.411 e. The van der Waals surface area contributed by atoms with Crippen LogP contribution >= 0.6 is 0 Å². The maximum absolute atomic E-state index is 9.22. The van der Waals surface area contributed by atoms with E-state index >= 15 is 0 Å². The molecule has 0 aromatic heterocycles. The molecule has 1 N–H and O–H groups in total. The molecule has 0 amide bonds. The summed E-state index contributed by atoms with van der Waals surface area (Å²) in [6, 6.07) is 8.29. The standard InChI is InChI=1S/C16H22N2O2/c19-17-15-5-3-9-18(12-13-7-10-20-11-8-13)16-6-2-1-4-14(15)16/h1-2,4,6,13,19H,3,5,7-12H2/b17-15-. The lowest BCUT2D eigenvalue weighted by Crippen LogP contribution is -2.33. The highest BCUT2D eigenvalue weighted by molar-refractivity contribution is 6.05. The largest absolute Gasteiger partial charge is 0.411 e. The van der Waals surface area contributed by atoms with Crippen LogP contribution in [0, 0.1) is 5.92 Å². The van der Waals surface area contributed by atoms with Crippen LogP contribution in [0.5, 0.6) is 0 Å². The molecule has 2 heterocycles. The molecule has 4 heteroatoms. The van der Waals surface area contributed by atoms with Crippen LogP contribution in [0.25, 0.3) is 0 Å². The SMILES string of the molecule is O/N=C1/CCCN(CC2CCOCC2)c2ccccc21. The monoisotopic (exact) mass is 274 g/mol. The van der Waals surface area contributed by atoms with Gasteiger partial charge < -0.3 is 14.8 Å². The minimum atomic E-state index is 0.712. The van der Waals surface area contributed by atoms with Crippen LogP contribution in [0.4, 0.5) is 5.69 Å². The first kappa shape index (κ1) is 13.4. The molecule has 108 valence electrons. The molecule has 1 fully saturated rings. The van der Waals surface area contributed by atoms with Crippen molar-refractivity contribution in [1.29, 1.82) is 0 Å². The smallest absolute Gasteiger partial charge is 0.0889 e. The number of para-hydroxylation sites is 1. The van der Waals surface area contributed by atoms with Crippen LogP contribution in [0.3, 0.4) is 0 Å². The molecule has 0 spiro atoms. The number of oxime groups is 1. The van der Waals surface area contributed by atoms with Gasteiger partial charge in [0.1, 0.15) is 0 Å². The fourth-order valence-corrected chi connectivity index (χ4v) is 3.22. The second-order valence-electron chi connectivity index (χ2n) is 5.67. The van der Waals surface area contributed by atoms with Gasteiger partial charge in [-0.2, -0.15) is 0 Å². The van der Waals surface area contributed by atoms with E-state index in [0.29, 0.717) is 5.92 Å². The Morgan fingerprint density at radius 1 is 1.25 bits per heavy atom. The summed E-state index contributed by atoms with van der Waals surface area (Å²) in [4.78, 5) is 2.46. The van der Waals surface area contributed by atoms with Gasteiger partial charge in [-0.25, -0.2) is 0 Å². The van der Waals surface area contributed by atoms with E-state index in [4.69, 9.17) is 4.74 Å². The molecule has 20 heavy (non-hydrogen) atoms. The van der Waals surface area contributed by atoms with Crippen LogP contribution in [-0.2, 0) is 4.74 Å². The molecule has 0 unspecified atom stereocenters.